The average Bonchev–Trinajstić information content (AvgIpc) is 2.66. The number of methoxy groups -OCH3 is 1. The number of hydrogen-bond donors (Lipinski definition) is 0. The molecule has 4 nitrogen and oxygen atoms in total. The van der Waals surface area contributed by atoms with E-state index < -0.39 is 29.9 Å². The SMILES string of the molecule is [2H]CC(C)(C)C(=O)OC[C@H]1OC(OC)C[C@@H]1F. The molecule has 16 heavy (non-hydrogen) atoms. The Morgan fingerprint density at radius 1 is 1.69 bits per heavy atom. The predicted octanol–water partition coefficient (Wildman–Crippen LogP) is 1.68. The highest BCUT2D eigenvalue weighted by Crippen LogP contribution is 2.24. The first-order chi connectivity index (χ1) is 7.90. The topological polar surface area (TPSA) is 44.8 Å². The van der Waals surface area contributed by atoms with Gasteiger partial charge in [0.1, 0.15) is 18.9 Å². The molecule has 5 heteroatoms. The Morgan fingerprint density at radius 2 is 2.38 bits per heavy atom. The van der Waals surface area contributed by atoms with Crippen LogP contribution in [0.3, 0.4) is 0 Å². The molecule has 94 valence electrons. The maximum Gasteiger partial charge on any atom is 0.311 e. The number of carbonyl (C=O) groups is 1. The van der Waals surface area contributed by atoms with Crippen molar-refractivity contribution in [2.24, 2.45) is 5.41 Å². The molecule has 0 N–H and O–H groups in total. The monoisotopic (exact) mass is 235 g/mol. The van der Waals surface area contributed by atoms with Gasteiger partial charge in [-0.15, -0.1) is 0 Å². The molecule has 1 aliphatic rings. The third-order valence-electron chi connectivity index (χ3n) is 2.34. The summed E-state index contributed by atoms with van der Waals surface area (Å²) in [5.41, 5.74) is -0.870. The molecular formula is C11H19FO4. The van der Waals surface area contributed by atoms with Crippen molar-refractivity contribution in [2.75, 3.05) is 13.7 Å². The van der Waals surface area contributed by atoms with E-state index in [-0.39, 0.29) is 19.9 Å². The number of rotatable bonds is 3. The first kappa shape index (κ1) is 11.8. The molecule has 0 saturated carbocycles. The summed E-state index contributed by atoms with van der Waals surface area (Å²) in [7, 11) is 1.44. The van der Waals surface area contributed by atoms with Gasteiger partial charge in [0.15, 0.2) is 6.29 Å². The Kier molecular flexibility index (Phi) is 3.76. The maximum atomic E-state index is 13.4. The van der Waals surface area contributed by atoms with Crippen LogP contribution in [0.4, 0.5) is 4.39 Å². The molecule has 0 aromatic rings. The molecule has 1 rings (SSSR count). The van der Waals surface area contributed by atoms with Crippen LogP contribution in [-0.4, -0.2) is 38.3 Å². The number of esters is 1. The molecule has 1 heterocycles. The van der Waals surface area contributed by atoms with E-state index in [0.29, 0.717) is 0 Å². The van der Waals surface area contributed by atoms with Crippen molar-refractivity contribution in [1.82, 2.24) is 0 Å². The Morgan fingerprint density at radius 3 is 2.88 bits per heavy atom. The van der Waals surface area contributed by atoms with Crippen LogP contribution in [0, 0.1) is 5.41 Å². The van der Waals surface area contributed by atoms with Crippen molar-refractivity contribution in [3.05, 3.63) is 0 Å². The van der Waals surface area contributed by atoms with Gasteiger partial charge < -0.3 is 14.2 Å². The van der Waals surface area contributed by atoms with Crippen LogP contribution < -0.4 is 0 Å². The van der Waals surface area contributed by atoms with Gasteiger partial charge in [-0.05, 0) is 20.7 Å². The fraction of sp³-hybridized carbons (Fsp3) is 0.909. The number of ether oxygens (including phenoxy) is 3. The van der Waals surface area contributed by atoms with E-state index in [4.69, 9.17) is 15.6 Å². The number of carbonyl (C=O) groups excluding carboxylic acids is 1. The molecule has 1 unspecified atom stereocenters. The van der Waals surface area contributed by atoms with Crippen LogP contribution in [0.2, 0.25) is 0 Å². The average molecular weight is 235 g/mol. The first-order valence-electron chi connectivity index (χ1n) is 5.90. The second-order valence-electron chi connectivity index (χ2n) is 4.57. The highest BCUT2D eigenvalue weighted by Gasteiger charge is 2.37. The van der Waals surface area contributed by atoms with E-state index in [0.717, 1.165) is 0 Å². The van der Waals surface area contributed by atoms with Crippen LogP contribution in [-0.2, 0) is 19.0 Å². The number of alkyl halides is 1. The number of hydrogen-bond acceptors (Lipinski definition) is 4. The third-order valence-corrected chi connectivity index (χ3v) is 2.34. The van der Waals surface area contributed by atoms with Gasteiger partial charge in [-0.1, -0.05) is 0 Å². The fourth-order valence-electron chi connectivity index (χ4n) is 1.32. The Hall–Kier alpha value is -0.680. The zero-order chi connectivity index (χ0) is 13.1. The largest absolute Gasteiger partial charge is 0.462 e. The van der Waals surface area contributed by atoms with Crippen molar-refractivity contribution in [2.45, 2.75) is 45.7 Å². The quantitative estimate of drug-likeness (QED) is 0.698. The standard InChI is InChI=1S/C11H19FO4/c1-11(2,3)10(13)15-6-8-7(12)5-9(14-4)16-8/h7-9H,5-6H2,1-4H3/t7-,8+,9?/m0/s1/i1D. The van der Waals surface area contributed by atoms with Gasteiger partial charge in [0, 0.05) is 14.9 Å². The molecule has 0 aromatic heterocycles. The van der Waals surface area contributed by atoms with Crippen molar-refractivity contribution in [3.63, 3.8) is 0 Å². The third kappa shape index (κ3) is 3.42. The fourth-order valence-corrected chi connectivity index (χ4v) is 1.32. The van der Waals surface area contributed by atoms with Crippen LogP contribution in [0.5, 0.6) is 0 Å². The van der Waals surface area contributed by atoms with Gasteiger partial charge in [-0.25, -0.2) is 4.39 Å². The molecule has 1 aliphatic heterocycles. The highest BCUT2D eigenvalue weighted by atomic mass is 19.1. The summed E-state index contributed by atoms with van der Waals surface area (Å²) in [6.07, 6.45) is -2.38. The second-order valence-corrected chi connectivity index (χ2v) is 4.57. The van der Waals surface area contributed by atoms with Crippen molar-refractivity contribution >= 4 is 5.97 Å². The molecule has 0 aliphatic carbocycles. The van der Waals surface area contributed by atoms with Gasteiger partial charge in [-0.3, -0.25) is 4.79 Å². The highest BCUT2D eigenvalue weighted by molar-refractivity contribution is 5.75. The molecule has 0 spiro atoms. The molecular weight excluding hydrogens is 215 g/mol. The summed E-state index contributed by atoms with van der Waals surface area (Å²) in [4.78, 5) is 11.6. The summed E-state index contributed by atoms with van der Waals surface area (Å²) < 4.78 is 35.7. The normalized spacial score (nSPS) is 31.2. The zero-order valence-corrected chi connectivity index (χ0v) is 9.86. The lowest BCUT2D eigenvalue weighted by Gasteiger charge is -2.19. The van der Waals surface area contributed by atoms with Gasteiger partial charge in [0.25, 0.3) is 0 Å². The number of halogens is 1. The summed E-state index contributed by atoms with van der Waals surface area (Å²) in [6.45, 7) is 3.02. The van der Waals surface area contributed by atoms with E-state index >= 15 is 0 Å². The zero-order valence-electron chi connectivity index (χ0n) is 10.9. The maximum absolute atomic E-state index is 13.4. The molecule has 0 amide bonds. The van der Waals surface area contributed by atoms with Crippen LogP contribution in [0.1, 0.15) is 28.5 Å². The lowest BCUT2D eigenvalue weighted by atomic mass is 9.97. The lowest BCUT2D eigenvalue weighted by Crippen LogP contribution is -2.30. The van der Waals surface area contributed by atoms with Crippen LogP contribution in [0.25, 0.3) is 0 Å². The summed E-state index contributed by atoms with van der Waals surface area (Å²) in [5.74, 6) is -0.510. The van der Waals surface area contributed by atoms with E-state index in [1.807, 2.05) is 0 Å². The van der Waals surface area contributed by atoms with Gasteiger partial charge in [0.2, 0.25) is 0 Å². The molecule has 0 bridgehead atoms. The Bertz CT molecular complexity index is 272. The molecule has 0 radical (unpaired) electrons. The summed E-state index contributed by atoms with van der Waals surface area (Å²) in [5, 5.41) is 0. The smallest absolute Gasteiger partial charge is 0.311 e. The van der Waals surface area contributed by atoms with E-state index in [2.05, 4.69) is 0 Å². The minimum absolute atomic E-state index is 0.0723. The Labute approximate surface area is 96.5 Å². The van der Waals surface area contributed by atoms with Crippen molar-refractivity contribution in [1.29, 1.82) is 0 Å². The Balaban J connectivity index is 2.39. The molecule has 3 atom stereocenters. The van der Waals surface area contributed by atoms with E-state index in [1.165, 1.54) is 7.11 Å². The summed E-state index contributed by atoms with van der Waals surface area (Å²) in [6, 6.07) is 0. The van der Waals surface area contributed by atoms with Gasteiger partial charge >= 0.3 is 5.97 Å². The predicted molar refractivity (Wildman–Crippen MR) is 55.6 cm³/mol. The summed E-state index contributed by atoms with van der Waals surface area (Å²) >= 11 is 0. The van der Waals surface area contributed by atoms with E-state index in [1.54, 1.807) is 13.8 Å². The minimum Gasteiger partial charge on any atom is -0.462 e. The first-order valence-corrected chi connectivity index (χ1v) is 5.19. The minimum atomic E-state index is -1.19. The second kappa shape index (κ2) is 5.10. The van der Waals surface area contributed by atoms with E-state index in [9.17, 15) is 9.18 Å². The van der Waals surface area contributed by atoms with Gasteiger partial charge in [0.05, 0.1) is 5.41 Å². The van der Waals surface area contributed by atoms with Gasteiger partial charge in [-0.2, -0.15) is 0 Å². The van der Waals surface area contributed by atoms with Crippen LogP contribution >= 0.6 is 0 Å². The molecule has 0 aromatic carbocycles. The van der Waals surface area contributed by atoms with Crippen molar-refractivity contribution in [3.8, 4) is 0 Å². The molecule has 1 saturated heterocycles. The lowest BCUT2D eigenvalue weighted by molar-refractivity contribution is -0.164. The van der Waals surface area contributed by atoms with Crippen molar-refractivity contribution < 1.29 is 24.8 Å². The van der Waals surface area contributed by atoms with Crippen LogP contribution in [0.15, 0.2) is 0 Å². The molecule has 1 fully saturated rings.